The summed E-state index contributed by atoms with van der Waals surface area (Å²) in [5.74, 6) is -1.85. The van der Waals surface area contributed by atoms with Crippen LogP contribution in [0.4, 0.5) is 11.6 Å². The first kappa shape index (κ1) is 19.3. The van der Waals surface area contributed by atoms with E-state index in [2.05, 4.69) is 20.0 Å². The number of nitrogens with zero attached hydrogens (tertiary/aromatic N) is 2. The number of carbonyl (C=O) groups is 2. The van der Waals surface area contributed by atoms with Crippen molar-refractivity contribution >= 4 is 33.5 Å². The van der Waals surface area contributed by atoms with Gasteiger partial charge in [0.1, 0.15) is 0 Å². The number of nitrogens with one attached hydrogen (secondary N) is 2. The average molecular weight is 377 g/mol. The number of carboxylic acid groups (broad SMARTS) is 1. The van der Waals surface area contributed by atoms with Gasteiger partial charge in [0.25, 0.3) is 10.0 Å². The zero-order valence-corrected chi connectivity index (χ0v) is 15.0. The second-order valence-electron chi connectivity index (χ2n) is 5.52. The summed E-state index contributed by atoms with van der Waals surface area (Å²) in [6.45, 7) is 3.45. The lowest BCUT2D eigenvalue weighted by Crippen LogP contribution is -2.24. The van der Waals surface area contributed by atoms with E-state index in [-0.39, 0.29) is 17.3 Å². The highest BCUT2D eigenvalue weighted by Crippen LogP contribution is 2.17. The summed E-state index contributed by atoms with van der Waals surface area (Å²) < 4.78 is 27.1. The van der Waals surface area contributed by atoms with Crippen LogP contribution in [0.25, 0.3) is 0 Å². The molecule has 26 heavy (non-hydrogen) atoms. The zero-order chi connectivity index (χ0) is 19.3. The minimum absolute atomic E-state index is 0.0258. The van der Waals surface area contributed by atoms with Crippen molar-refractivity contribution in [2.45, 2.75) is 31.6 Å². The molecular weight excluding hydrogens is 360 g/mol. The Bertz CT molecular complexity index is 906. The van der Waals surface area contributed by atoms with Crippen LogP contribution < -0.4 is 15.1 Å². The van der Waals surface area contributed by atoms with E-state index >= 15 is 0 Å². The lowest BCUT2D eigenvalue weighted by molar-refractivity contribution is -0.305. The van der Waals surface area contributed by atoms with E-state index in [0.717, 1.165) is 0 Å². The van der Waals surface area contributed by atoms with Gasteiger partial charge in [0, 0.05) is 29.5 Å². The molecule has 0 saturated heterocycles. The number of aliphatic carboxylic acids is 1. The third-order valence-corrected chi connectivity index (χ3v) is 4.56. The van der Waals surface area contributed by atoms with Crippen molar-refractivity contribution in [1.29, 1.82) is 0 Å². The fourth-order valence-electron chi connectivity index (χ4n) is 2.11. The molecule has 1 heterocycles. The van der Waals surface area contributed by atoms with E-state index in [9.17, 15) is 23.1 Å². The molecule has 0 bridgehead atoms. The highest BCUT2D eigenvalue weighted by Gasteiger charge is 2.16. The van der Waals surface area contributed by atoms with Crippen molar-refractivity contribution in [2.75, 3.05) is 10.0 Å². The molecular formula is C16H17N4O5S-. The summed E-state index contributed by atoms with van der Waals surface area (Å²) in [4.78, 5) is 29.9. The second-order valence-corrected chi connectivity index (χ2v) is 7.21. The molecule has 0 radical (unpaired) electrons. The lowest BCUT2D eigenvalue weighted by atomic mass is 10.2. The van der Waals surface area contributed by atoms with Crippen LogP contribution in [0.3, 0.4) is 0 Å². The van der Waals surface area contributed by atoms with Gasteiger partial charge in [0.15, 0.2) is 0 Å². The quantitative estimate of drug-likeness (QED) is 0.709. The number of aromatic nitrogens is 2. The van der Waals surface area contributed by atoms with Crippen LogP contribution in [0.5, 0.6) is 0 Å². The van der Waals surface area contributed by atoms with E-state index < -0.39 is 28.3 Å². The largest absolute Gasteiger partial charge is 0.550 e. The SMILES string of the molecule is Cc1cc(C)nc(NS(=O)(=O)c2ccc(NC(=O)CCC(=O)[O-])cc2)n1. The number of rotatable bonds is 7. The maximum absolute atomic E-state index is 12.4. The van der Waals surface area contributed by atoms with Gasteiger partial charge in [-0.05, 0) is 50.6 Å². The van der Waals surface area contributed by atoms with E-state index in [1.54, 1.807) is 19.9 Å². The van der Waals surface area contributed by atoms with E-state index in [1.165, 1.54) is 24.3 Å². The third kappa shape index (κ3) is 5.52. The molecule has 138 valence electrons. The predicted molar refractivity (Wildman–Crippen MR) is 91.6 cm³/mol. The molecule has 0 fully saturated rings. The van der Waals surface area contributed by atoms with Crippen molar-refractivity contribution in [2.24, 2.45) is 0 Å². The Morgan fingerprint density at radius 2 is 1.62 bits per heavy atom. The predicted octanol–water partition coefficient (Wildman–Crippen LogP) is 0.363. The van der Waals surface area contributed by atoms with Crippen molar-refractivity contribution in [3.63, 3.8) is 0 Å². The molecule has 0 aliphatic heterocycles. The average Bonchev–Trinajstić information content (AvgIpc) is 2.52. The molecule has 2 rings (SSSR count). The van der Waals surface area contributed by atoms with Gasteiger partial charge in [0.05, 0.1) is 4.90 Å². The number of hydrogen-bond acceptors (Lipinski definition) is 7. The summed E-state index contributed by atoms with van der Waals surface area (Å²) in [6, 6.07) is 7.12. The van der Waals surface area contributed by atoms with Gasteiger partial charge in [-0.25, -0.2) is 23.1 Å². The standard InChI is InChI=1S/C16H18N4O5S/c1-10-9-11(2)18-16(17-10)20-26(24,25)13-5-3-12(4-6-13)19-14(21)7-8-15(22)23/h3-6,9H,7-8H2,1-2H3,(H,19,21)(H,22,23)(H,17,18,20)/p-1. The second kappa shape index (κ2) is 7.91. The Morgan fingerprint density at radius 3 is 2.15 bits per heavy atom. The fourth-order valence-corrected chi connectivity index (χ4v) is 3.05. The first-order chi connectivity index (χ1) is 12.2. The molecule has 0 spiro atoms. The molecule has 0 aliphatic rings. The molecule has 2 aromatic rings. The van der Waals surface area contributed by atoms with Crippen LogP contribution >= 0.6 is 0 Å². The Labute approximate surface area is 150 Å². The molecule has 10 heteroatoms. The van der Waals surface area contributed by atoms with Gasteiger partial charge < -0.3 is 15.2 Å². The van der Waals surface area contributed by atoms with Crippen LogP contribution in [0, 0.1) is 13.8 Å². The molecule has 1 aromatic carbocycles. The first-order valence-electron chi connectivity index (χ1n) is 7.60. The Hall–Kier alpha value is -3.01. The van der Waals surface area contributed by atoms with Gasteiger partial charge >= 0.3 is 0 Å². The van der Waals surface area contributed by atoms with E-state index in [0.29, 0.717) is 17.1 Å². The normalized spacial score (nSPS) is 11.0. The number of aryl methyl sites for hydroxylation is 2. The highest BCUT2D eigenvalue weighted by atomic mass is 32.2. The number of sulfonamides is 1. The zero-order valence-electron chi connectivity index (χ0n) is 14.1. The van der Waals surface area contributed by atoms with Crippen LogP contribution in [-0.4, -0.2) is 30.3 Å². The van der Waals surface area contributed by atoms with Crippen molar-refractivity contribution in [3.8, 4) is 0 Å². The summed E-state index contributed by atoms with van der Waals surface area (Å²) in [5, 5.41) is 12.8. The van der Waals surface area contributed by atoms with Crippen LogP contribution in [0.15, 0.2) is 35.2 Å². The molecule has 9 nitrogen and oxygen atoms in total. The maximum Gasteiger partial charge on any atom is 0.264 e. The lowest BCUT2D eigenvalue weighted by Gasteiger charge is -2.09. The van der Waals surface area contributed by atoms with Gasteiger partial charge in [-0.2, -0.15) is 0 Å². The Morgan fingerprint density at radius 1 is 1.04 bits per heavy atom. The summed E-state index contributed by atoms with van der Waals surface area (Å²) >= 11 is 0. The molecule has 1 amide bonds. The number of carboxylic acids is 1. The van der Waals surface area contributed by atoms with Gasteiger partial charge in [-0.3, -0.25) is 4.79 Å². The van der Waals surface area contributed by atoms with Crippen LogP contribution in [0.1, 0.15) is 24.2 Å². The van der Waals surface area contributed by atoms with Crippen molar-refractivity contribution in [3.05, 3.63) is 41.7 Å². The summed E-state index contributed by atoms with van der Waals surface area (Å²) in [7, 11) is -3.89. The monoisotopic (exact) mass is 377 g/mol. The summed E-state index contributed by atoms with van der Waals surface area (Å²) in [5.41, 5.74) is 1.60. The molecule has 2 N–H and O–H groups in total. The van der Waals surface area contributed by atoms with Gasteiger partial charge in [0.2, 0.25) is 11.9 Å². The van der Waals surface area contributed by atoms with Crippen LogP contribution in [0.2, 0.25) is 0 Å². The summed E-state index contributed by atoms with van der Waals surface area (Å²) in [6.07, 6.45) is -0.619. The topological polar surface area (TPSA) is 141 Å². The van der Waals surface area contributed by atoms with Gasteiger partial charge in [-0.15, -0.1) is 0 Å². The molecule has 1 aromatic heterocycles. The fraction of sp³-hybridized carbons (Fsp3) is 0.250. The number of hydrogen-bond donors (Lipinski definition) is 2. The highest BCUT2D eigenvalue weighted by molar-refractivity contribution is 7.92. The molecule has 0 aliphatic carbocycles. The van der Waals surface area contributed by atoms with Crippen LogP contribution in [-0.2, 0) is 19.6 Å². The molecule has 0 atom stereocenters. The van der Waals surface area contributed by atoms with E-state index in [4.69, 9.17) is 0 Å². The molecule has 0 unspecified atom stereocenters. The smallest absolute Gasteiger partial charge is 0.264 e. The van der Waals surface area contributed by atoms with Crippen molar-refractivity contribution in [1.82, 2.24) is 9.97 Å². The number of carbonyl (C=O) groups excluding carboxylic acids is 2. The number of benzene rings is 1. The minimum Gasteiger partial charge on any atom is -0.550 e. The van der Waals surface area contributed by atoms with Crippen molar-refractivity contribution < 1.29 is 23.1 Å². The first-order valence-corrected chi connectivity index (χ1v) is 9.09. The Kier molecular flexibility index (Phi) is 5.88. The third-order valence-electron chi connectivity index (χ3n) is 3.21. The number of anilines is 2. The minimum atomic E-state index is -3.89. The Balaban J connectivity index is 2.08. The molecule has 0 saturated carbocycles. The van der Waals surface area contributed by atoms with Gasteiger partial charge in [-0.1, -0.05) is 0 Å². The maximum atomic E-state index is 12.4. The van der Waals surface area contributed by atoms with E-state index in [1.807, 2.05) is 0 Å². The number of amides is 1.